The van der Waals surface area contributed by atoms with Crippen molar-refractivity contribution < 1.29 is 41.4 Å². The Balaban J connectivity index is 0.000000587. The van der Waals surface area contributed by atoms with Crippen molar-refractivity contribution in [3.8, 4) is 0 Å². The first-order valence-electron chi connectivity index (χ1n) is 12.4. The van der Waals surface area contributed by atoms with Crippen LogP contribution in [0.4, 0.5) is 30.2 Å². The molecule has 1 atom stereocenters. The van der Waals surface area contributed by atoms with Crippen molar-refractivity contribution in [3.05, 3.63) is 83.4 Å². The van der Waals surface area contributed by atoms with E-state index >= 15 is 0 Å². The van der Waals surface area contributed by atoms with Crippen LogP contribution in [0.15, 0.2) is 71.6 Å². The van der Waals surface area contributed by atoms with Crippen LogP contribution in [0, 0.1) is 13.8 Å². The maximum absolute atomic E-state index is 13.1. The Morgan fingerprint density at radius 1 is 0.927 bits per heavy atom. The third kappa shape index (κ3) is 8.13. The van der Waals surface area contributed by atoms with Crippen LogP contribution in [-0.2, 0) is 14.8 Å². The van der Waals surface area contributed by atoms with E-state index < -0.39 is 28.1 Å². The molecule has 220 valence electrons. The van der Waals surface area contributed by atoms with E-state index in [1.165, 1.54) is 17.7 Å². The van der Waals surface area contributed by atoms with Crippen molar-refractivity contribution in [1.29, 1.82) is 0 Å². The highest BCUT2D eigenvalue weighted by Gasteiger charge is 2.38. The molecule has 0 amide bonds. The van der Waals surface area contributed by atoms with Crippen LogP contribution in [0.1, 0.15) is 28.4 Å². The fourth-order valence-corrected chi connectivity index (χ4v) is 5.38. The summed E-state index contributed by atoms with van der Waals surface area (Å²) in [6.45, 7) is 8.19. The molecule has 0 aliphatic carbocycles. The van der Waals surface area contributed by atoms with Crippen molar-refractivity contribution in [1.82, 2.24) is 0 Å². The van der Waals surface area contributed by atoms with Crippen LogP contribution in [-0.4, -0.2) is 62.4 Å². The molecule has 4 rings (SSSR count). The molecule has 0 radical (unpaired) electrons. The lowest BCUT2D eigenvalue weighted by Gasteiger charge is -2.43. The number of hydrogen-bond acceptors (Lipinski definition) is 6. The van der Waals surface area contributed by atoms with Crippen LogP contribution in [0.3, 0.4) is 0 Å². The number of aliphatic carboxylic acids is 1. The van der Waals surface area contributed by atoms with E-state index in [0.29, 0.717) is 18.8 Å². The third-order valence-electron chi connectivity index (χ3n) is 6.36. The molecule has 1 fully saturated rings. The second-order valence-electron chi connectivity index (χ2n) is 9.59. The zero-order chi connectivity index (χ0) is 30.5. The molecule has 9 nitrogen and oxygen atoms in total. The van der Waals surface area contributed by atoms with Gasteiger partial charge in [0.25, 0.3) is 10.0 Å². The molecule has 0 spiro atoms. The summed E-state index contributed by atoms with van der Waals surface area (Å²) in [4.78, 5) is 25.1. The highest BCUT2D eigenvalue weighted by Crippen LogP contribution is 2.32. The summed E-state index contributed by atoms with van der Waals surface area (Å²) in [6, 6.07) is 19.7. The SMILES string of the molecule is Cc1ccc(S(=O)(=O)Nc2cc(C(=O)O)ccc2N2CCN(c3cccc(C)c3)C(C)C2)cc1.O=C(O)C(F)(F)F. The summed E-state index contributed by atoms with van der Waals surface area (Å²) in [5.74, 6) is -3.87. The first kappa shape index (κ1) is 31.3. The summed E-state index contributed by atoms with van der Waals surface area (Å²) in [5.41, 5.74) is 4.26. The number of aromatic carboxylic acids is 1. The lowest BCUT2D eigenvalue weighted by molar-refractivity contribution is -0.192. The van der Waals surface area contributed by atoms with Crippen molar-refractivity contribution in [2.75, 3.05) is 34.2 Å². The van der Waals surface area contributed by atoms with Gasteiger partial charge >= 0.3 is 18.1 Å². The second-order valence-corrected chi connectivity index (χ2v) is 11.3. The van der Waals surface area contributed by atoms with E-state index in [9.17, 15) is 31.5 Å². The lowest BCUT2D eigenvalue weighted by atomic mass is 10.1. The summed E-state index contributed by atoms with van der Waals surface area (Å²) >= 11 is 0. The molecular formula is C28H30F3N3O6S. The van der Waals surface area contributed by atoms with Crippen molar-refractivity contribution >= 4 is 39.0 Å². The molecule has 1 unspecified atom stereocenters. The standard InChI is InChI=1S/C26H29N3O4S.C2HF3O2/c1-18-7-10-23(11-8-18)34(32,33)27-24-16-21(26(30)31)9-12-25(24)28-13-14-29(20(3)17-28)22-6-4-5-19(2)15-22;3-2(4,5)1(6)7/h4-12,15-16,20,27H,13-14,17H2,1-3H3,(H,30,31);(H,6,7). The molecule has 3 aromatic carbocycles. The minimum absolute atomic E-state index is 0.0248. The average molecular weight is 594 g/mol. The number of piperazine rings is 1. The molecule has 0 aromatic heterocycles. The van der Waals surface area contributed by atoms with E-state index in [1.54, 1.807) is 30.3 Å². The van der Waals surface area contributed by atoms with E-state index in [0.717, 1.165) is 17.8 Å². The number of aryl methyl sites for hydroxylation is 2. The minimum atomic E-state index is -5.08. The molecule has 1 aliphatic rings. The van der Waals surface area contributed by atoms with Gasteiger partial charge in [0.2, 0.25) is 0 Å². The molecular weight excluding hydrogens is 563 g/mol. The van der Waals surface area contributed by atoms with Gasteiger partial charge < -0.3 is 20.0 Å². The van der Waals surface area contributed by atoms with Crippen LogP contribution < -0.4 is 14.5 Å². The van der Waals surface area contributed by atoms with Gasteiger partial charge in [-0.25, -0.2) is 18.0 Å². The van der Waals surface area contributed by atoms with E-state index in [1.807, 2.05) is 13.0 Å². The minimum Gasteiger partial charge on any atom is -0.478 e. The number of nitrogens with one attached hydrogen (secondary N) is 1. The number of benzene rings is 3. The predicted molar refractivity (Wildman–Crippen MR) is 149 cm³/mol. The summed E-state index contributed by atoms with van der Waals surface area (Å²) in [5, 5.41) is 16.6. The maximum atomic E-state index is 13.1. The molecule has 0 saturated carbocycles. The van der Waals surface area contributed by atoms with Gasteiger partial charge in [0, 0.05) is 31.4 Å². The van der Waals surface area contributed by atoms with Gasteiger partial charge in [-0.05, 0) is 68.8 Å². The maximum Gasteiger partial charge on any atom is 0.490 e. The summed E-state index contributed by atoms with van der Waals surface area (Å²) in [7, 11) is -3.89. The average Bonchev–Trinajstić information content (AvgIpc) is 2.88. The Hall–Kier alpha value is -4.26. The van der Waals surface area contributed by atoms with Crippen molar-refractivity contribution in [2.45, 2.75) is 37.9 Å². The number of anilines is 3. The quantitative estimate of drug-likeness (QED) is 0.358. The van der Waals surface area contributed by atoms with Crippen LogP contribution in [0.2, 0.25) is 0 Å². The van der Waals surface area contributed by atoms with E-state index in [4.69, 9.17) is 9.90 Å². The Morgan fingerprint density at radius 2 is 1.56 bits per heavy atom. The van der Waals surface area contributed by atoms with Crippen molar-refractivity contribution in [2.24, 2.45) is 0 Å². The van der Waals surface area contributed by atoms with Gasteiger partial charge in [-0.1, -0.05) is 29.8 Å². The Morgan fingerprint density at radius 3 is 2.10 bits per heavy atom. The largest absolute Gasteiger partial charge is 0.490 e. The van der Waals surface area contributed by atoms with Crippen molar-refractivity contribution in [3.63, 3.8) is 0 Å². The van der Waals surface area contributed by atoms with Gasteiger partial charge in [-0.2, -0.15) is 13.2 Å². The predicted octanol–water partition coefficient (Wildman–Crippen LogP) is 5.15. The molecule has 0 bridgehead atoms. The number of nitrogens with zero attached hydrogens (tertiary/aromatic N) is 2. The highest BCUT2D eigenvalue weighted by molar-refractivity contribution is 7.92. The Labute approximate surface area is 235 Å². The normalized spacial score (nSPS) is 15.5. The number of halogens is 3. The molecule has 1 heterocycles. The molecule has 1 saturated heterocycles. The van der Waals surface area contributed by atoms with Gasteiger partial charge in [0.15, 0.2) is 0 Å². The second kappa shape index (κ2) is 12.5. The highest BCUT2D eigenvalue weighted by atomic mass is 32.2. The first-order valence-corrected chi connectivity index (χ1v) is 13.9. The third-order valence-corrected chi connectivity index (χ3v) is 7.74. The van der Waals surface area contributed by atoms with Crippen LogP contribution >= 0.6 is 0 Å². The Kier molecular flexibility index (Phi) is 9.53. The number of carboxylic acids is 2. The fraction of sp³-hybridized carbons (Fsp3) is 0.286. The molecule has 13 heteroatoms. The number of sulfonamides is 1. The van der Waals surface area contributed by atoms with Crippen LogP contribution in [0.25, 0.3) is 0 Å². The number of carbonyl (C=O) groups is 2. The van der Waals surface area contributed by atoms with Gasteiger partial charge in [-0.15, -0.1) is 0 Å². The number of alkyl halides is 3. The summed E-state index contributed by atoms with van der Waals surface area (Å²) in [6.07, 6.45) is -5.08. The van der Waals surface area contributed by atoms with Gasteiger partial charge in [0.1, 0.15) is 0 Å². The molecule has 41 heavy (non-hydrogen) atoms. The first-order chi connectivity index (χ1) is 19.1. The van der Waals surface area contributed by atoms with Gasteiger partial charge in [0.05, 0.1) is 21.8 Å². The molecule has 3 aromatic rings. The Bertz CT molecular complexity index is 1510. The monoisotopic (exact) mass is 593 g/mol. The van der Waals surface area contributed by atoms with E-state index in [2.05, 4.69) is 46.6 Å². The number of rotatable bonds is 6. The van der Waals surface area contributed by atoms with Gasteiger partial charge in [-0.3, -0.25) is 4.72 Å². The zero-order valence-corrected chi connectivity index (χ0v) is 23.3. The van der Waals surface area contributed by atoms with E-state index in [-0.39, 0.29) is 22.2 Å². The fourth-order valence-electron chi connectivity index (χ4n) is 4.31. The molecule has 1 aliphatic heterocycles. The van der Waals surface area contributed by atoms with Crippen LogP contribution in [0.5, 0.6) is 0 Å². The number of hydrogen-bond donors (Lipinski definition) is 3. The zero-order valence-electron chi connectivity index (χ0n) is 22.5. The summed E-state index contributed by atoms with van der Waals surface area (Å²) < 4.78 is 60.5. The number of carboxylic acid groups (broad SMARTS) is 2. The smallest absolute Gasteiger partial charge is 0.478 e. The lowest BCUT2D eigenvalue weighted by Crippen LogP contribution is -2.52. The topological polar surface area (TPSA) is 127 Å². The molecule has 3 N–H and O–H groups in total.